The summed E-state index contributed by atoms with van der Waals surface area (Å²) in [5, 5.41) is 2.96. The van der Waals surface area contributed by atoms with E-state index in [1.165, 1.54) is 6.07 Å². The molecular formula is C19H20FNO2. The second kappa shape index (κ2) is 6.41. The molecule has 1 N–H and O–H groups in total. The molecule has 120 valence electrons. The van der Waals surface area contributed by atoms with Crippen molar-refractivity contribution >= 4 is 5.91 Å². The van der Waals surface area contributed by atoms with E-state index in [0.717, 1.165) is 17.7 Å². The quantitative estimate of drug-likeness (QED) is 0.916. The third-order valence-electron chi connectivity index (χ3n) is 4.64. The van der Waals surface area contributed by atoms with Crippen molar-refractivity contribution in [2.75, 3.05) is 7.11 Å². The van der Waals surface area contributed by atoms with Crippen molar-refractivity contribution in [1.29, 1.82) is 0 Å². The Bertz CT molecular complexity index is 693. The largest absolute Gasteiger partial charge is 0.497 e. The van der Waals surface area contributed by atoms with Gasteiger partial charge in [0, 0.05) is 12.1 Å². The number of benzene rings is 2. The molecule has 0 spiro atoms. The number of ether oxygens (including phenoxy) is 1. The van der Waals surface area contributed by atoms with E-state index in [-0.39, 0.29) is 11.7 Å². The van der Waals surface area contributed by atoms with Crippen LogP contribution in [-0.2, 0) is 16.8 Å². The van der Waals surface area contributed by atoms with Gasteiger partial charge in [0.15, 0.2) is 0 Å². The van der Waals surface area contributed by atoms with E-state index in [4.69, 9.17) is 4.74 Å². The van der Waals surface area contributed by atoms with Crippen LogP contribution in [0.3, 0.4) is 0 Å². The molecule has 0 unspecified atom stereocenters. The van der Waals surface area contributed by atoms with E-state index in [1.54, 1.807) is 25.3 Å². The summed E-state index contributed by atoms with van der Waals surface area (Å²) in [7, 11) is 1.62. The number of hydrogen-bond donors (Lipinski definition) is 1. The first-order valence-electron chi connectivity index (χ1n) is 7.82. The van der Waals surface area contributed by atoms with Crippen molar-refractivity contribution in [2.24, 2.45) is 0 Å². The topological polar surface area (TPSA) is 38.3 Å². The van der Waals surface area contributed by atoms with E-state index in [2.05, 4.69) is 5.32 Å². The number of halogens is 1. The van der Waals surface area contributed by atoms with Crippen LogP contribution in [0.25, 0.3) is 0 Å². The molecule has 0 atom stereocenters. The van der Waals surface area contributed by atoms with Gasteiger partial charge in [-0.2, -0.15) is 0 Å². The molecule has 23 heavy (non-hydrogen) atoms. The van der Waals surface area contributed by atoms with E-state index in [9.17, 15) is 9.18 Å². The van der Waals surface area contributed by atoms with Crippen LogP contribution in [0.4, 0.5) is 4.39 Å². The number of carbonyl (C=O) groups is 1. The molecular weight excluding hydrogens is 293 g/mol. The molecule has 0 heterocycles. The van der Waals surface area contributed by atoms with Gasteiger partial charge in [-0.05, 0) is 36.6 Å². The lowest BCUT2D eigenvalue weighted by molar-refractivity contribution is -0.130. The van der Waals surface area contributed by atoms with Gasteiger partial charge >= 0.3 is 0 Å². The Hall–Kier alpha value is -2.36. The highest BCUT2D eigenvalue weighted by molar-refractivity contribution is 5.89. The number of methoxy groups -OCH3 is 1. The number of hydrogen-bond acceptors (Lipinski definition) is 2. The highest BCUT2D eigenvalue weighted by atomic mass is 19.1. The van der Waals surface area contributed by atoms with Gasteiger partial charge in [-0.3, -0.25) is 4.79 Å². The molecule has 3 nitrogen and oxygen atoms in total. The summed E-state index contributed by atoms with van der Waals surface area (Å²) >= 11 is 0. The highest BCUT2D eigenvalue weighted by Crippen LogP contribution is 2.44. The van der Waals surface area contributed by atoms with Crippen molar-refractivity contribution in [3.05, 3.63) is 65.5 Å². The van der Waals surface area contributed by atoms with Gasteiger partial charge in [-0.1, -0.05) is 36.8 Å². The fraction of sp³-hybridized carbons (Fsp3) is 0.316. The van der Waals surface area contributed by atoms with Gasteiger partial charge in [0.25, 0.3) is 0 Å². The van der Waals surface area contributed by atoms with Crippen molar-refractivity contribution in [2.45, 2.75) is 31.2 Å². The zero-order valence-electron chi connectivity index (χ0n) is 13.1. The molecule has 2 aromatic rings. The first-order valence-corrected chi connectivity index (χ1v) is 7.82. The summed E-state index contributed by atoms with van der Waals surface area (Å²) in [6.07, 6.45) is 2.34. The van der Waals surface area contributed by atoms with Crippen LogP contribution >= 0.6 is 0 Å². The first-order chi connectivity index (χ1) is 11.2. The number of carbonyl (C=O) groups excluding carboxylic acids is 1. The standard InChI is InChI=1S/C19H20FNO2/c1-23-15-9-7-14(8-10-15)13-21-18(22)19(11-4-12-19)16-5-2-3-6-17(16)20/h2-3,5-10H,4,11-13H2,1H3,(H,21,22). The predicted molar refractivity (Wildman–Crippen MR) is 86.8 cm³/mol. The Morgan fingerprint density at radius 2 is 1.87 bits per heavy atom. The number of rotatable bonds is 5. The Morgan fingerprint density at radius 3 is 2.43 bits per heavy atom. The highest BCUT2D eigenvalue weighted by Gasteiger charge is 2.46. The second-order valence-electron chi connectivity index (χ2n) is 5.95. The minimum Gasteiger partial charge on any atom is -0.497 e. The molecule has 1 saturated carbocycles. The summed E-state index contributed by atoms with van der Waals surface area (Å²) in [5.41, 5.74) is 0.790. The Morgan fingerprint density at radius 1 is 1.17 bits per heavy atom. The molecule has 1 aliphatic carbocycles. The molecule has 3 rings (SSSR count). The predicted octanol–water partition coefficient (Wildman–Crippen LogP) is 3.57. The first kappa shape index (κ1) is 15.5. The van der Waals surface area contributed by atoms with Crippen LogP contribution < -0.4 is 10.1 Å². The maximum Gasteiger partial charge on any atom is 0.231 e. The lowest BCUT2D eigenvalue weighted by Crippen LogP contribution is -2.49. The third-order valence-corrected chi connectivity index (χ3v) is 4.64. The van der Waals surface area contributed by atoms with Gasteiger partial charge in [0.1, 0.15) is 11.6 Å². The molecule has 0 saturated heterocycles. The van der Waals surface area contributed by atoms with Gasteiger partial charge in [-0.15, -0.1) is 0 Å². The Kier molecular flexibility index (Phi) is 4.33. The van der Waals surface area contributed by atoms with E-state index in [1.807, 2.05) is 24.3 Å². The lowest BCUT2D eigenvalue weighted by Gasteiger charge is -2.40. The average molecular weight is 313 g/mol. The molecule has 2 aromatic carbocycles. The van der Waals surface area contributed by atoms with Gasteiger partial charge in [-0.25, -0.2) is 4.39 Å². The van der Waals surface area contributed by atoms with Crippen molar-refractivity contribution in [3.8, 4) is 5.75 Å². The number of nitrogens with one attached hydrogen (secondary N) is 1. The second-order valence-corrected chi connectivity index (χ2v) is 5.95. The molecule has 1 amide bonds. The van der Waals surface area contributed by atoms with Crippen molar-refractivity contribution < 1.29 is 13.9 Å². The minimum absolute atomic E-state index is 0.0929. The average Bonchev–Trinajstić information content (AvgIpc) is 2.54. The van der Waals surface area contributed by atoms with Gasteiger partial charge in [0.2, 0.25) is 5.91 Å². The zero-order valence-corrected chi connectivity index (χ0v) is 13.1. The molecule has 1 fully saturated rings. The minimum atomic E-state index is -0.711. The molecule has 0 aromatic heterocycles. The molecule has 1 aliphatic rings. The third kappa shape index (κ3) is 2.93. The summed E-state index contributed by atoms with van der Waals surface area (Å²) in [6, 6.07) is 14.1. The SMILES string of the molecule is COc1ccc(CNC(=O)C2(c3ccccc3F)CCC2)cc1. The lowest BCUT2D eigenvalue weighted by atomic mass is 9.63. The Balaban J connectivity index is 1.72. The van der Waals surface area contributed by atoms with Crippen molar-refractivity contribution in [1.82, 2.24) is 5.32 Å². The summed E-state index contributed by atoms with van der Waals surface area (Å²) < 4.78 is 19.2. The van der Waals surface area contributed by atoms with Crippen LogP contribution in [0, 0.1) is 5.82 Å². The summed E-state index contributed by atoms with van der Waals surface area (Å²) in [5.74, 6) is 0.387. The fourth-order valence-corrected chi connectivity index (χ4v) is 3.09. The van der Waals surface area contributed by atoms with E-state index >= 15 is 0 Å². The van der Waals surface area contributed by atoms with Crippen LogP contribution in [0.5, 0.6) is 5.75 Å². The molecule has 4 heteroatoms. The van der Waals surface area contributed by atoms with Crippen LogP contribution in [0.15, 0.2) is 48.5 Å². The van der Waals surface area contributed by atoms with Crippen LogP contribution in [0.2, 0.25) is 0 Å². The molecule has 0 aliphatic heterocycles. The van der Waals surface area contributed by atoms with Gasteiger partial charge < -0.3 is 10.1 Å². The summed E-state index contributed by atoms with van der Waals surface area (Å²) in [4.78, 5) is 12.7. The fourth-order valence-electron chi connectivity index (χ4n) is 3.09. The van der Waals surface area contributed by atoms with Crippen LogP contribution in [0.1, 0.15) is 30.4 Å². The maximum absolute atomic E-state index is 14.1. The molecule has 0 bridgehead atoms. The maximum atomic E-state index is 14.1. The van der Waals surface area contributed by atoms with E-state index in [0.29, 0.717) is 24.9 Å². The van der Waals surface area contributed by atoms with Crippen molar-refractivity contribution in [3.63, 3.8) is 0 Å². The van der Waals surface area contributed by atoms with Crippen LogP contribution in [-0.4, -0.2) is 13.0 Å². The molecule has 0 radical (unpaired) electrons. The number of amides is 1. The smallest absolute Gasteiger partial charge is 0.231 e. The van der Waals surface area contributed by atoms with E-state index < -0.39 is 5.41 Å². The Labute approximate surface area is 135 Å². The summed E-state index contributed by atoms with van der Waals surface area (Å²) in [6.45, 7) is 0.430. The zero-order chi connectivity index (χ0) is 16.3. The normalized spacial score (nSPS) is 15.6. The van der Waals surface area contributed by atoms with Gasteiger partial charge in [0.05, 0.1) is 12.5 Å². The monoisotopic (exact) mass is 313 g/mol.